The zero-order valence-electron chi connectivity index (χ0n) is 14.8. The number of aliphatic hydroxyl groups excluding tert-OH is 1. The first-order valence-electron chi connectivity index (χ1n) is 8.53. The first kappa shape index (κ1) is 17.0. The average molecular weight is 357 g/mol. The molecule has 2 atom stereocenters. The molecule has 0 saturated heterocycles. The molecule has 136 valence electrons. The maximum absolute atomic E-state index is 15.4. The number of anilines is 1. The first-order chi connectivity index (χ1) is 12.2. The molecular weight excluding hydrogens is 336 g/mol. The summed E-state index contributed by atoms with van der Waals surface area (Å²) in [5.41, 5.74) is 7.67. The molecule has 1 unspecified atom stereocenters. The lowest BCUT2D eigenvalue weighted by Gasteiger charge is -2.42. The lowest BCUT2D eigenvalue weighted by atomic mass is 9.81. The van der Waals surface area contributed by atoms with Crippen LogP contribution in [-0.2, 0) is 0 Å². The second-order valence-electron chi connectivity index (χ2n) is 7.53. The largest absolute Gasteiger partial charge is 0.389 e. The number of aromatic amines is 1. The SMILES string of the molecule is Cc1c[nH]c2c(-c3c(F)cc4c(c3F)[C@H](N)C(O)C(C)(C)N4)cccc12. The summed E-state index contributed by atoms with van der Waals surface area (Å²) in [6.07, 6.45) is 0.799. The second-order valence-corrected chi connectivity index (χ2v) is 7.53. The van der Waals surface area contributed by atoms with E-state index in [1.807, 2.05) is 19.2 Å². The molecule has 0 spiro atoms. The topological polar surface area (TPSA) is 74.1 Å². The van der Waals surface area contributed by atoms with Gasteiger partial charge in [0, 0.05) is 28.4 Å². The molecule has 0 bridgehead atoms. The summed E-state index contributed by atoms with van der Waals surface area (Å²) >= 11 is 0. The van der Waals surface area contributed by atoms with Gasteiger partial charge >= 0.3 is 0 Å². The van der Waals surface area contributed by atoms with Gasteiger partial charge in [0.1, 0.15) is 11.6 Å². The number of aromatic nitrogens is 1. The molecule has 1 aliphatic heterocycles. The Morgan fingerprint density at radius 3 is 2.69 bits per heavy atom. The first-order valence-corrected chi connectivity index (χ1v) is 8.53. The maximum atomic E-state index is 15.4. The number of fused-ring (bicyclic) bond motifs is 2. The number of halogens is 2. The van der Waals surface area contributed by atoms with Crippen LogP contribution in [-0.4, -0.2) is 21.7 Å². The van der Waals surface area contributed by atoms with E-state index in [2.05, 4.69) is 10.3 Å². The van der Waals surface area contributed by atoms with E-state index in [1.165, 1.54) is 6.07 Å². The van der Waals surface area contributed by atoms with Crippen molar-refractivity contribution >= 4 is 16.6 Å². The molecule has 4 rings (SSSR count). The van der Waals surface area contributed by atoms with Gasteiger partial charge in [-0.2, -0.15) is 0 Å². The number of H-pyrrole nitrogens is 1. The molecule has 0 amide bonds. The summed E-state index contributed by atoms with van der Waals surface area (Å²) in [5.74, 6) is -1.41. The summed E-state index contributed by atoms with van der Waals surface area (Å²) in [5, 5.41) is 14.3. The van der Waals surface area contributed by atoms with Crippen LogP contribution in [0.4, 0.5) is 14.5 Å². The third kappa shape index (κ3) is 2.26. The van der Waals surface area contributed by atoms with Gasteiger partial charge in [0.25, 0.3) is 0 Å². The molecular formula is C20H21F2N3O. The Morgan fingerprint density at radius 1 is 1.23 bits per heavy atom. The van der Waals surface area contributed by atoms with Crippen LogP contribution in [0.15, 0.2) is 30.5 Å². The lowest BCUT2D eigenvalue weighted by Crippen LogP contribution is -2.53. The molecule has 0 fully saturated rings. The standard InChI is InChI=1S/C20H21F2N3O/c1-9-8-24-18-10(9)5-4-6-11(18)14-12(21)7-13-15(16(14)22)17(23)19(26)20(2,3)25-13/h4-8,17,19,24-26H,23H2,1-3H3/t17-,19?/m0/s1. The summed E-state index contributed by atoms with van der Waals surface area (Å²) in [7, 11) is 0. The van der Waals surface area contributed by atoms with Gasteiger partial charge in [-0.25, -0.2) is 8.78 Å². The zero-order chi connectivity index (χ0) is 18.8. The van der Waals surface area contributed by atoms with Crippen molar-refractivity contribution in [2.75, 3.05) is 5.32 Å². The van der Waals surface area contributed by atoms with Gasteiger partial charge in [-0.15, -0.1) is 0 Å². The number of benzene rings is 2. The van der Waals surface area contributed by atoms with Crippen LogP contribution in [0.5, 0.6) is 0 Å². The molecule has 1 aliphatic rings. The monoisotopic (exact) mass is 357 g/mol. The Labute approximate surface area is 150 Å². The highest BCUT2D eigenvalue weighted by Crippen LogP contribution is 2.43. The number of nitrogens with two attached hydrogens (primary N) is 1. The van der Waals surface area contributed by atoms with Crippen molar-refractivity contribution in [1.29, 1.82) is 0 Å². The van der Waals surface area contributed by atoms with E-state index in [0.29, 0.717) is 11.1 Å². The Bertz CT molecular complexity index is 1030. The lowest BCUT2D eigenvalue weighted by molar-refractivity contribution is 0.0815. The Hall–Kier alpha value is -2.44. The summed E-state index contributed by atoms with van der Waals surface area (Å²) in [6.45, 7) is 5.42. The molecule has 1 aromatic heterocycles. The van der Waals surface area contributed by atoms with Crippen molar-refractivity contribution in [3.05, 3.63) is 53.2 Å². The molecule has 2 heterocycles. The minimum atomic E-state index is -1.01. The van der Waals surface area contributed by atoms with E-state index in [9.17, 15) is 9.50 Å². The van der Waals surface area contributed by atoms with Crippen molar-refractivity contribution in [2.45, 2.75) is 38.5 Å². The number of hydrogen-bond donors (Lipinski definition) is 4. The molecule has 0 radical (unpaired) electrons. The molecule has 26 heavy (non-hydrogen) atoms. The van der Waals surface area contributed by atoms with E-state index < -0.39 is 29.3 Å². The predicted molar refractivity (Wildman–Crippen MR) is 99.0 cm³/mol. The van der Waals surface area contributed by atoms with Crippen molar-refractivity contribution < 1.29 is 13.9 Å². The van der Waals surface area contributed by atoms with Gasteiger partial charge in [0.05, 0.1) is 28.8 Å². The van der Waals surface area contributed by atoms with Gasteiger partial charge in [-0.1, -0.05) is 18.2 Å². The van der Waals surface area contributed by atoms with Crippen LogP contribution < -0.4 is 11.1 Å². The fraction of sp³-hybridized carbons (Fsp3) is 0.300. The normalized spacial score (nSPS) is 21.5. The molecule has 4 nitrogen and oxygen atoms in total. The molecule has 5 N–H and O–H groups in total. The average Bonchev–Trinajstić information content (AvgIpc) is 2.94. The van der Waals surface area contributed by atoms with Gasteiger partial charge in [-0.3, -0.25) is 0 Å². The number of para-hydroxylation sites is 1. The minimum absolute atomic E-state index is 0.105. The Balaban J connectivity index is 2.00. The number of aliphatic hydroxyl groups is 1. The second kappa shape index (κ2) is 5.53. The number of rotatable bonds is 1. The molecule has 3 aromatic rings. The number of aryl methyl sites for hydroxylation is 1. The summed E-state index contributed by atoms with van der Waals surface area (Å²) in [6, 6.07) is 5.65. The van der Waals surface area contributed by atoms with E-state index in [-0.39, 0.29) is 16.8 Å². The van der Waals surface area contributed by atoms with Gasteiger partial charge in [-0.05, 0) is 32.4 Å². The van der Waals surface area contributed by atoms with Gasteiger partial charge in [0.15, 0.2) is 0 Å². The third-order valence-electron chi connectivity index (χ3n) is 5.32. The molecule has 2 aromatic carbocycles. The van der Waals surface area contributed by atoms with Gasteiger partial charge in [0.2, 0.25) is 0 Å². The fourth-order valence-corrected chi connectivity index (χ4v) is 3.84. The smallest absolute Gasteiger partial charge is 0.140 e. The third-order valence-corrected chi connectivity index (χ3v) is 5.32. The highest BCUT2D eigenvalue weighted by molar-refractivity contribution is 5.96. The van der Waals surface area contributed by atoms with Crippen LogP contribution >= 0.6 is 0 Å². The number of nitrogens with one attached hydrogen (secondary N) is 2. The molecule has 0 saturated carbocycles. The predicted octanol–water partition coefficient (Wildman–Crippen LogP) is 3.99. The van der Waals surface area contributed by atoms with Crippen molar-refractivity contribution in [1.82, 2.24) is 4.98 Å². The van der Waals surface area contributed by atoms with Crippen LogP contribution in [0.2, 0.25) is 0 Å². The van der Waals surface area contributed by atoms with Crippen molar-refractivity contribution in [3.8, 4) is 11.1 Å². The van der Waals surface area contributed by atoms with E-state index >= 15 is 4.39 Å². The minimum Gasteiger partial charge on any atom is -0.389 e. The Morgan fingerprint density at radius 2 is 1.96 bits per heavy atom. The highest BCUT2D eigenvalue weighted by atomic mass is 19.1. The zero-order valence-corrected chi connectivity index (χ0v) is 14.8. The molecule has 0 aliphatic carbocycles. The summed E-state index contributed by atoms with van der Waals surface area (Å²) in [4.78, 5) is 3.09. The summed E-state index contributed by atoms with van der Waals surface area (Å²) < 4.78 is 30.4. The Kier molecular flexibility index (Phi) is 3.61. The van der Waals surface area contributed by atoms with Crippen LogP contribution in [0.1, 0.15) is 31.0 Å². The maximum Gasteiger partial charge on any atom is 0.140 e. The molecule has 6 heteroatoms. The van der Waals surface area contributed by atoms with E-state index in [1.54, 1.807) is 26.0 Å². The van der Waals surface area contributed by atoms with Crippen LogP contribution in [0.25, 0.3) is 22.0 Å². The van der Waals surface area contributed by atoms with Gasteiger partial charge < -0.3 is 21.1 Å². The van der Waals surface area contributed by atoms with E-state index in [0.717, 1.165) is 10.9 Å². The number of hydrogen-bond acceptors (Lipinski definition) is 3. The fourth-order valence-electron chi connectivity index (χ4n) is 3.84. The van der Waals surface area contributed by atoms with E-state index in [4.69, 9.17) is 5.73 Å². The van der Waals surface area contributed by atoms with Crippen molar-refractivity contribution in [2.24, 2.45) is 5.73 Å². The van der Waals surface area contributed by atoms with Crippen LogP contribution in [0.3, 0.4) is 0 Å². The quantitative estimate of drug-likeness (QED) is 0.532. The highest BCUT2D eigenvalue weighted by Gasteiger charge is 2.41. The van der Waals surface area contributed by atoms with Crippen LogP contribution in [0, 0.1) is 18.6 Å². The van der Waals surface area contributed by atoms with Crippen molar-refractivity contribution in [3.63, 3.8) is 0 Å².